The van der Waals surface area contributed by atoms with Crippen molar-refractivity contribution in [2.75, 3.05) is 0 Å². The highest BCUT2D eigenvalue weighted by Gasteiger charge is 2.02. The van der Waals surface area contributed by atoms with Gasteiger partial charge in [0.25, 0.3) is 0 Å². The van der Waals surface area contributed by atoms with E-state index >= 15 is 0 Å². The van der Waals surface area contributed by atoms with Gasteiger partial charge in [-0.25, -0.2) is 0 Å². The summed E-state index contributed by atoms with van der Waals surface area (Å²) in [6, 6.07) is 7.65. The summed E-state index contributed by atoms with van der Waals surface area (Å²) in [5.74, 6) is 0. The Morgan fingerprint density at radius 2 is 2.14 bits per heavy atom. The van der Waals surface area contributed by atoms with E-state index in [1.54, 1.807) is 6.20 Å². The van der Waals surface area contributed by atoms with Gasteiger partial charge in [0, 0.05) is 16.6 Å². The fraction of sp³-hybridized carbons (Fsp3) is 0.0833. The first-order valence-electron chi connectivity index (χ1n) is 4.38. The lowest BCUT2D eigenvalue weighted by Crippen LogP contribution is -1.84. The molecule has 0 fully saturated rings. The molecule has 1 aromatic heterocycles. The monoisotopic (exact) mass is 203 g/mol. The number of halogens is 1. The van der Waals surface area contributed by atoms with E-state index in [0.29, 0.717) is 0 Å². The molecule has 0 radical (unpaired) electrons. The molecule has 70 valence electrons. The molecule has 0 amide bonds. The van der Waals surface area contributed by atoms with Crippen molar-refractivity contribution in [1.82, 2.24) is 4.98 Å². The van der Waals surface area contributed by atoms with Gasteiger partial charge in [0.1, 0.15) is 0 Å². The highest BCUT2D eigenvalue weighted by atomic mass is 35.5. The van der Waals surface area contributed by atoms with E-state index in [0.717, 1.165) is 27.1 Å². The second-order valence-corrected chi connectivity index (χ2v) is 3.74. The summed E-state index contributed by atoms with van der Waals surface area (Å²) in [4.78, 5) is 4.27. The third-order valence-corrected chi connectivity index (χ3v) is 2.40. The van der Waals surface area contributed by atoms with Crippen LogP contribution in [0.15, 0.2) is 37.0 Å². The summed E-state index contributed by atoms with van der Waals surface area (Å²) < 4.78 is 0. The predicted octanol–water partition coefficient (Wildman–Crippen LogP) is 3.92. The van der Waals surface area contributed by atoms with Crippen molar-refractivity contribution < 1.29 is 0 Å². The zero-order valence-corrected chi connectivity index (χ0v) is 8.67. The molecule has 0 bridgehead atoms. The predicted molar refractivity (Wildman–Crippen MR) is 61.5 cm³/mol. The van der Waals surface area contributed by atoms with Crippen molar-refractivity contribution >= 4 is 28.1 Å². The van der Waals surface area contributed by atoms with E-state index in [1.807, 2.05) is 31.2 Å². The fourth-order valence-electron chi connectivity index (χ4n) is 1.49. The molecule has 0 aliphatic carbocycles. The molecule has 0 aliphatic heterocycles. The Balaban J connectivity index is 2.84. The summed E-state index contributed by atoms with van der Waals surface area (Å²) in [6.07, 6.45) is 1.79. The maximum absolute atomic E-state index is 5.94. The van der Waals surface area contributed by atoms with E-state index < -0.39 is 0 Å². The van der Waals surface area contributed by atoms with Crippen molar-refractivity contribution in [3.63, 3.8) is 0 Å². The van der Waals surface area contributed by atoms with Gasteiger partial charge in [-0.2, -0.15) is 0 Å². The molecule has 0 saturated heterocycles. The lowest BCUT2D eigenvalue weighted by atomic mass is 10.0. The summed E-state index contributed by atoms with van der Waals surface area (Å²) in [5.41, 5.74) is 3.09. The number of hydrogen-bond donors (Lipinski definition) is 0. The number of allylic oxidation sites excluding steroid dienone is 1. The Morgan fingerprint density at radius 1 is 1.36 bits per heavy atom. The SMILES string of the molecule is C=C(C)c1ccnc2ccc(Cl)cc12. The van der Waals surface area contributed by atoms with Crippen molar-refractivity contribution in [3.05, 3.63) is 47.6 Å². The Bertz CT molecular complexity index is 503. The Kier molecular flexibility index (Phi) is 2.26. The van der Waals surface area contributed by atoms with Gasteiger partial charge in [0.05, 0.1) is 5.52 Å². The number of hydrogen-bond acceptors (Lipinski definition) is 1. The first-order valence-corrected chi connectivity index (χ1v) is 4.76. The van der Waals surface area contributed by atoms with Gasteiger partial charge in [-0.1, -0.05) is 23.8 Å². The third-order valence-electron chi connectivity index (χ3n) is 2.16. The fourth-order valence-corrected chi connectivity index (χ4v) is 1.66. The number of aromatic nitrogens is 1. The summed E-state index contributed by atoms with van der Waals surface area (Å²) in [5, 5.41) is 1.79. The number of rotatable bonds is 1. The highest BCUT2D eigenvalue weighted by molar-refractivity contribution is 6.31. The lowest BCUT2D eigenvalue weighted by molar-refractivity contribution is 1.40. The second kappa shape index (κ2) is 3.43. The maximum Gasteiger partial charge on any atom is 0.0709 e. The van der Waals surface area contributed by atoms with Gasteiger partial charge in [-0.3, -0.25) is 4.98 Å². The van der Waals surface area contributed by atoms with Crippen LogP contribution in [0.25, 0.3) is 16.5 Å². The van der Waals surface area contributed by atoms with Crippen LogP contribution in [0.4, 0.5) is 0 Å². The van der Waals surface area contributed by atoms with Gasteiger partial charge < -0.3 is 0 Å². The molecule has 2 rings (SSSR count). The highest BCUT2D eigenvalue weighted by Crippen LogP contribution is 2.24. The minimum atomic E-state index is 0.730. The van der Waals surface area contributed by atoms with Crippen molar-refractivity contribution in [1.29, 1.82) is 0 Å². The summed E-state index contributed by atoms with van der Waals surface area (Å²) in [6.45, 7) is 5.92. The number of pyridine rings is 1. The molecule has 0 unspecified atom stereocenters. The van der Waals surface area contributed by atoms with Crippen LogP contribution < -0.4 is 0 Å². The normalized spacial score (nSPS) is 10.4. The smallest absolute Gasteiger partial charge is 0.0709 e. The minimum Gasteiger partial charge on any atom is -0.256 e. The molecule has 2 aromatic rings. The molecule has 1 aromatic carbocycles. The van der Waals surface area contributed by atoms with Crippen LogP contribution in [0.2, 0.25) is 5.02 Å². The Labute approximate surface area is 88.0 Å². The molecule has 0 N–H and O–H groups in total. The van der Waals surface area contributed by atoms with Crippen LogP contribution >= 0.6 is 11.6 Å². The molecule has 2 heteroatoms. The molecule has 1 heterocycles. The van der Waals surface area contributed by atoms with Gasteiger partial charge in [0.2, 0.25) is 0 Å². The van der Waals surface area contributed by atoms with Crippen LogP contribution in [-0.4, -0.2) is 4.98 Å². The molecular formula is C12H10ClN. The molecule has 0 spiro atoms. The van der Waals surface area contributed by atoms with Crippen LogP contribution in [-0.2, 0) is 0 Å². The molecular weight excluding hydrogens is 194 g/mol. The standard InChI is InChI=1S/C12H10ClN/c1-8(2)10-5-6-14-12-4-3-9(13)7-11(10)12/h3-7H,1H2,2H3. The van der Waals surface area contributed by atoms with Crippen molar-refractivity contribution in [2.45, 2.75) is 6.92 Å². The van der Waals surface area contributed by atoms with Crippen LogP contribution in [0, 0.1) is 0 Å². The first kappa shape index (κ1) is 9.22. The van der Waals surface area contributed by atoms with Gasteiger partial charge in [-0.15, -0.1) is 0 Å². The Morgan fingerprint density at radius 3 is 2.86 bits per heavy atom. The van der Waals surface area contributed by atoms with Gasteiger partial charge in [-0.05, 0) is 36.8 Å². The summed E-state index contributed by atoms with van der Waals surface area (Å²) in [7, 11) is 0. The van der Waals surface area contributed by atoms with Crippen molar-refractivity contribution in [2.24, 2.45) is 0 Å². The molecule has 0 aliphatic rings. The average Bonchev–Trinajstić information content (AvgIpc) is 2.16. The number of fused-ring (bicyclic) bond motifs is 1. The zero-order chi connectivity index (χ0) is 10.1. The number of nitrogens with zero attached hydrogens (tertiary/aromatic N) is 1. The maximum atomic E-state index is 5.94. The van der Waals surface area contributed by atoms with E-state index in [9.17, 15) is 0 Å². The van der Waals surface area contributed by atoms with Gasteiger partial charge in [0.15, 0.2) is 0 Å². The minimum absolute atomic E-state index is 0.730. The van der Waals surface area contributed by atoms with E-state index in [2.05, 4.69) is 11.6 Å². The Hall–Kier alpha value is -1.34. The van der Waals surface area contributed by atoms with E-state index in [1.165, 1.54) is 0 Å². The van der Waals surface area contributed by atoms with Crippen LogP contribution in [0.3, 0.4) is 0 Å². The van der Waals surface area contributed by atoms with E-state index in [-0.39, 0.29) is 0 Å². The zero-order valence-electron chi connectivity index (χ0n) is 7.92. The van der Waals surface area contributed by atoms with Crippen LogP contribution in [0.1, 0.15) is 12.5 Å². The third kappa shape index (κ3) is 1.51. The molecule has 14 heavy (non-hydrogen) atoms. The average molecular weight is 204 g/mol. The first-order chi connectivity index (χ1) is 6.68. The largest absolute Gasteiger partial charge is 0.256 e. The van der Waals surface area contributed by atoms with Crippen LogP contribution in [0.5, 0.6) is 0 Å². The number of benzene rings is 1. The van der Waals surface area contributed by atoms with E-state index in [4.69, 9.17) is 11.6 Å². The van der Waals surface area contributed by atoms with Gasteiger partial charge >= 0.3 is 0 Å². The molecule has 0 atom stereocenters. The quantitative estimate of drug-likeness (QED) is 0.685. The molecule has 0 saturated carbocycles. The second-order valence-electron chi connectivity index (χ2n) is 3.30. The molecule has 1 nitrogen and oxygen atoms in total. The lowest BCUT2D eigenvalue weighted by Gasteiger charge is -2.05. The summed E-state index contributed by atoms with van der Waals surface area (Å²) >= 11 is 5.94. The van der Waals surface area contributed by atoms with Crippen molar-refractivity contribution in [3.8, 4) is 0 Å². The topological polar surface area (TPSA) is 12.9 Å².